The molecule has 0 radical (unpaired) electrons. The Morgan fingerprint density at radius 3 is 2.56 bits per heavy atom. The van der Waals surface area contributed by atoms with E-state index in [0.717, 1.165) is 33.5 Å². The molecule has 5 aromatic rings. The normalized spacial score (nSPS) is 16.8. The highest BCUT2D eigenvalue weighted by Crippen LogP contribution is 2.39. The van der Waals surface area contributed by atoms with Crippen molar-refractivity contribution in [2.75, 3.05) is 11.9 Å². The molecule has 1 amide bonds. The van der Waals surface area contributed by atoms with Crippen molar-refractivity contribution in [3.05, 3.63) is 121 Å². The highest BCUT2D eigenvalue weighted by Gasteiger charge is 2.41. The number of carbonyl (C=O) groups excluding carboxylic acids is 1. The Morgan fingerprint density at radius 1 is 0.949 bits per heavy atom. The van der Waals surface area contributed by atoms with Gasteiger partial charge in [-0.15, -0.1) is 0 Å². The van der Waals surface area contributed by atoms with E-state index in [-0.39, 0.29) is 30.2 Å². The molecule has 39 heavy (non-hydrogen) atoms. The van der Waals surface area contributed by atoms with Crippen LogP contribution in [-0.2, 0) is 4.79 Å². The summed E-state index contributed by atoms with van der Waals surface area (Å²) in [4.78, 5) is 19.8. The molecule has 0 saturated carbocycles. The lowest BCUT2D eigenvalue weighted by Crippen LogP contribution is -2.33. The number of nitrogens with one attached hydrogen (secondary N) is 2. The third-order valence-corrected chi connectivity index (χ3v) is 7.40. The van der Waals surface area contributed by atoms with Crippen LogP contribution in [0.2, 0.25) is 0 Å². The molecule has 1 aliphatic rings. The van der Waals surface area contributed by atoms with Crippen LogP contribution in [-0.4, -0.2) is 37.1 Å². The number of rotatable bonds is 7. The van der Waals surface area contributed by atoms with E-state index in [2.05, 4.69) is 31.2 Å². The third-order valence-electron chi connectivity index (χ3n) is 7.05. The summed E-state index contributed by atoms with van der Waals surface area (Å²) in [6.07, 6.45) is 4.02. The fourth-order valence-electron chi connectivity index (χ4n) is 5.22. The Bertz CT molecular complexity index is 1630. The SMILES string of the molecule is O=C(CCN1C(=S)N[C@H](c2ccccn2)[C@H]1c1cccn1-c1ccc(O)cc1)Nc1cccc2ccccc12. The molecule has 0 bridgehead atoms. The summed E-state index contributed by atoms with van der Waals surface area (Å²) < 4.78 is 2.08. The first-order valence-corrected chi connectivity index (χ1v) is 13.2. The van der Waals surface area contributed by atoms with Gasteiger partial charge in [-0.3, -0.25) is 9.78 Å². The quantitative estimate of drug-likeness (QED) is 0.232. The number of anilines is 1. The Labute approximate surface area is 231 Å². The van der Waals surface area contributed by atoms with Gasteiger partial charge < -0.3 is 25.2 Å². The van der Waals surface area contributed by atoms with Crippen LogP contribution in [0.25, 0.3) is 16.5 Å². The van der Waals surface area contributed by atoms with Crippen LogP contribution >= 0.6 is 12.2 Å². The number of aromatic nitrogens is 2. The molecular formula is C31H27N5O2S. The Morgan fingerprint density at radius 2 is 1.74 bits per heavy atom. The maximum absolute atomic E-state index is 13.1. The molecule has 1 saturated heterocycles. The van der Waals surface area contributed by atoms with Gasteiger partial charge >= 0.3 is 0 Å². The summed E-state index contributed by atoms with van der Waals surface area (Å²) in [5, 5.41) is 19.0. The van der Waals surface area contributed by atoms with Gasteiger partial charge in [-0.2, -0.15) is 0 Å². The van der Waals surface area contributed by atoms with Crippen LogP contribution < -0.4 is 10.6 Å². The molecule has 7 nitrogen and oxygen atoms in total. The highest BCUT2D eigenvalue weighted by atomic mass is 32.1. The van der Waals surface area contributed by atoms with Gasteiger partial charge in [0.1, 0.15) is 5.75 Å². The number of fused-ring (bicyclic) bond motifs is 1. The van der Waals surface area contributed by atoms with Gasteiger partial charge in [0, 0.05) is 47.8 Å². The summed E-state index contributed by atoms with van der Waals surface area (Å²) in [7, 11) is 0. The molecule has 6 rings (SSSR count). The van der Waals surface area contributed by atoms with Crippen molar-refractivity contribution in [2.24, 2.45) is 0 Å². The lowest BCUT2D eigenvalue weighted by atomic mass is 10.0. The third kappa shape index (κ3) is 4.94. The van der Waals surface area contributed by atoms with Crippen LogP contribution in [0.4, 0.5) is 5.69 Å². The molecule has 3 heterocycles. The lowest BCUT2D eigenvalue weighted by molar-refractivity contribution is -0.116. The molecule has 3 N–H and O–H groups in total. The second-order valence-corrected chi connectivity index (χ2v) is 9.85. The maximum Gasteiger partial charge on any atom is 0.226 e. The zero-order chi connectivity index (χ0) is 26.8. The number of benzene rings is 3. The predicted octanol–water partition coefficient (Wildman–Crippen LogP) is 5.73. The molecule has 1 aliphatic heterocycles. The van der Waals surface area contributed by atoms with Gasteiger partial charge in [0.2, 0.25) is 5.91 Å². The van der Waals surface area contributed by atoms with E-state index in [4.69, 9.17) is 12.2 Å². The molecule has 1 fully saturated rings. The number of hydrogen-bond donors (Lipinski definition) is 3. The number of phenolic OH excluding ortho intramolecular Hbond substituents is 1. The number of pyridine rings is 1. The van der Waals surface area contributed by atoms with Crippen molar-refractivity contribution in [1.82, 2.24) is 19.8 Å². The average Bonchev–Trinajstić information content (AvgIpc) is 3.57. The van der Waals surface area contributed by atoms with E-state index < -0.39 is 0 Å². The minimum absolute atomic E-state index is 0.0805. The number of phenols is 1. The first-order chi connectivity index (χ1) is 19.1. The average molecular weight is 534 g/mol. The first kappa shape index (κ1) is 24.6. The fraction of sp³-hybridized carbons (Fsp3) is 0.129. The zero-order valence-corrected chi connectivity index (χ0v) is 21.9. The van der Waals surface area contributed by atoms with Crippen LogP contribution in [0.15, 0.2) is 109 Å². The van der Waals surface area contributed by atoms with Gasteiger partial charge in [-0.25, -0.2) is 0 Å². The second kappa shape index (κ2) is 10.6. The maximum atomic E-state index is 13.1. The number of carbonyl (C=O) groups is 1. The number of thiocarbonyl (C=S) groups is 1. The summed E-state index contributed by atoms with van der Waals surface area (Å²) in [6, 6.07) is 30.5. The van der Waals surface area contributed by atoms with Gasteiger partial charge in [-0.1, -0.05) is 42.5 Å². The lowest BCUT2D eigenvalue weighted by Gasteiger charge is -2.29. The van der Waals surface area contributed by atoms with Gasteiger partial charge in [0.05, 0.1) is 17.8 Å². The minimum Gasteiger partial charge on any atom is -0.508 e. The molecule has 8 heteroatoms. The van der Waals surface area contributed by atoms with Crippen molar-refractivity contribution >= 4 is 39.7 Å². The van der Waals surface area contributed by atoms with E-state index in [1.54, 1.807) is 18.3 Å². The Hall–Kier alpha value is -4.69. The summed E-state index contributed by atoms with van der Waals surface area (Å²) in [5.74, 6) is 0.129. The first-order valence-electron chi connectivity index (χ1n) is 12.8. The summed E-state index contributed by atoms with van der Waals surface area (Å²) in [6.45, 7) is 0.428. The van der Waals surface area contributed by atoms with Crippen molar-refractivity contribution in [2.45, 2.75) is 18.5 Å². The minimum atomic E-state index is -0.207. The standard InChI is InChI=1S/C31H27N5O2S/c37-23-15-13-22(14-16-23)35-19-6-12-27(35)30-29(26-10-3-4-18-32-26)34-31(39)36(30)20-17-28(38)33-25-11-5-8-21-7-1-2-9-24(21)25/h1-16,18-19,29-30,37H,17,20H2,(H,33,38)(H,34,39)/t29-,30-/m1/s1. The van der Waals surface area contributed by atoms with Gasteiger partial charge in [0.15, 0.2) is 5.11 Å². The van der Waals surface area contributed by atoms with Gasteiger partial charge in [0.25, 0.3) is 0 Å². The van der Waals surface area contributed by atoms with Crippen LogP contribution in [0, 0.1) is 0 Å². The van der Waals surface area contributed by atoms with E-state index in [0.29, 0.717) is 11.7 Å². The van der Waals surface area contributed by atoms with E-state index in [9.17, 15) is 9.90 Å². The van der Waals surface area contributed by atoms with Crippen molar-refractivity contribution in [3.63, 3.8) is 0 Å². The smallest absolute Gasteiger partial charge is 0.226 e. The molecule has 0 aliphatic carbocycles. The molecule has 194 valence electrons. The summed E-state index contributed by atoms with van der Waals surface area (Å²) in [5.41, 5.74) is 3.58. The Kier molecular flexibility index (Phi) is 6.69. The topological polar surface area (TPSA) is 82.4 Å². The van der Waals surface area contributed by atoms with E-state index in [1.807, 2.05) is 85.1 Å². The predicted molar refractivity (Wildman–Crippen MR) is 157 cm³/mol. The summed E-state index contributed by atoms with van der Waals surface area (Å²) >= 11 is 5.80. The number of nitrogens with zero attached hydrogens (tertiary/aromatic N) is 3. The van der Waals surface area contributed by atoms with Crippen molar-refractivity contribution in [1.29, 1.82) is 0 Å². The molecule has 2 aromatic heterocycles. The van der Waals surface area contributed by atoms with Gasteiger partial charge in [-0.05, 0) is 72.2 Å². The van der Waals surface area contributed by atoms with E-state index >= 15 is 0 Å². The zero-order valence-electron chi connectivity index (χ0n) is 21.1. The van der Waals surface area contributed by atoms with Crippen LogP contribution in [0.1, 0.15) is 29.9 Å². The number of hydrogen-bond acceptors (Lipinski definition) is 4. The monoisotopic (exact) mass is 533 g/mol. The fourth-order valence-corrected chi connectivity index (χ4v) is 5.55. The van der Waals surface area contributed by atoms with E-state index in [1.165, 1.54) is 0 Å². The molecular weight excluding hydrogens is 506 g/mol. The molecule has 3 aromatic carbocycles. The molecule has 2 atom stereocenters. The largest absolute Gasteiger partial charge is 0.508 e. The molecule has 0 spiro atoms. The second-order valence-electron chi connectivity index (χ2n) is 9.46. The van der Waals surface area contributed by atoms with Crippen molar-refractivity contribution in [3.8, 4) is 11.4 Å². The van der Waals surface area contributed by atoms with Crippen LogP contribution in [0.5, 0.6) is 5.75 Å². The Balaban J connectivity index is 1.29. The number of amides is 1. The molecule has 0 unspecified atom stereocenters. The van der Waals surface area contributed by atoms with Crippen LogP contribution in [0.3, 0.4) is 0 Å². The highest BCUT2D eigenvalue weighted by molar-refractivity contribution is 7.80. The van der Waals surface area contributed by atoms with Crippen molar-refractivity contribution < 1.29 is 9.90 Å². The number of aromatic hydroxyl groups is 1.